The first-order valence-corrected chi connectivity index (χ1v) is 5.02. The lowest BCUT2D eigenvalue weighted by molar-refractivity contribution is -0.143. The molecule has 1 aliphatic rings. The number of nitrogens with two attached hydrogens (primary N) is 1. The largest absolute Gasteiger partial charge is 0.480 e. The highest BCUT2D eigenvalue weighted by Crippen LogP contribution is 2.35. The van der Waals surface area contributed by atoms with Gasteiger partial charge in [0.05, 0.1) is 0 Å². The third kappa shape index (κ3) is 2.25. The standard InChI is InChI=1S/C10H19NO3/c1-10(2,8(11)9(12)13)7-4-3-5-14-6-7/h7-8H,3-6,11H2,1-2H3,(H,12,13). The van der Waals surface area contributed by atoms with Crippen LogP contribution in [0.3, 0.4) is 0 Å². The number of carboxylic acids is 1. The van der Waals surface area contributed by atoms with Crippen LogP contribution < -0.4 is 5.73 Å². The normalized spacial score (nSPS) is 25.8. The summed E-state index contributed by atoms with van der Waals surface area (Å²) in [6.45, 7) is 5.24. The Morgan fingerprint density at radius 2 is 2.29 bits per heavy atom. The van der Waals surface area contributed by atoms with E-state index in [0.717, 1.165) is 19.4 Å². The summed E-state index contributed by atoms with van der Waals surface area (Å²) < 4.78 is 5.35. The second-order valence-electron chi connectivity index (χ2n) is 4.55. The summed E-state index contributed by atoms with van der Waals surface area (Å²) in [5.41, 5.74) is 5.27. The van der Waals surface area contributed by atoms with Crippen LogP contribution in [-0.4, -0.2) is 30.3 Å². The van der Waals surface area contributed by atoms with E-state index in [4.69, 9.17) is 15.6 Å². The van der Waals surface area contributed by atoms with Gasteiger partial charge in [0.25, 0.3) is 0 Å². The Bertz CT molecular complexity index is 209. The van der Waals surface area contributed by atoms with Crippen LogP contribution in [-0.2, 0) is 9.53 Å². The molecular weight excluding hydrogens is 182 g/mol. The van der Waals surface area contributed by atoms with E-state index in [9.17, 15) is 4.79 Å². The van der Waals surface area contributed by atoms with E-state index in [1.54, 1.807) is 0 Å². The molecule has 0 radical (unpaired) electrons. The zero-order valence-electron chi connectivity index (χ0n) is 8.82. The summed E-state index contributed by atoms with van der Waals surface area (Å²) in [6, 6.07) is -0.811. The maximum absolute atomic E-state index is 10.8. The van der Waals surface area contributed by atoms with Gasteiger partial charge < -0.3 is 15.6 Å². The highest BCUT2D eigenvalue weighted by Gasteiger charge is 2.39. The highest BCUT2D eigenvalue weighted by atomic mass is 16.5. The molecule has 0 saturated carbocycles. The van der Waals surface area contributed by atoms with Gasteiger partial charge in [-0.3, -0.25) is 4.79 Å². The number of hydrogen-bond acceptors (Lipinski definition) is 3. The van der Waals surface area contributed by atoms with Crippen LogP contribution in [0.1, 0.15) is 26.7 Å². The molecule has 82 valence electrons. The molecule has 0 bridgehead atoms. The second kappa shape index (κ2) is 4.28. The van der Waals surface area contributed by atoms with E-state index < -0.39 is 17.4 Å². The lowest BCUT2D eigenvalue weighted by Gasteiger charge is -2.39. The molecule has 2 unspecified atom stereocenters. The van der Waals surface area contributed by atoms with Gasteiger partial charge in [-0.15, -0.1) is 0 Å². The lowest BCUT2D eigenvalue weighted by Crippen LogP contribution is -2.50. The van der Waals surface area contributed by atoms with E-state index in [1.165, 1.54) is 0 Å². The average molecular weight is 201 g/mol. The Morgan fingerprint density at radius 1 is 1.64 bits per heavy atom. The van der Waals surface area contributed by atoms with Crippen LogP contribution in [0.15, 0.2) is 0 Å². The Kier molecular flexibility index (Phi) is 3.50. The van der Waals surface area contributed by atoms with Gasteiger partial charge in [0.1, 0.15) is 6.04 Å². The maximum Gasteiger partial charge on any atom is 0.321 e. The first-order valence-electron chi connectivity index (χ1n) is 5.02. The van der Waals surface area contributed by atoms with Crippen LogP contribution in [0.4, 0.5) is 0 Å². The van der Waals surface area contributed by atoms with Crippen molar-refractivity contribution in [2.24, 2.45) is 17.1 Å². The summed E-state index contributed by atoms with van der Waals surface area (Å²) in [4.78, 5) is 10.8. The van der Waals surface area contributed by atoms with Gasteiger partial charge in [-0.1, -0.05) is 13.8 Å². The minimum atomic E-state index is -0.930. The summed E-state index contributed by atoms with van der Waals surface area (Å²) in [5, 5.41) is 8.88. The van der Waals surface area contributed by atoms with E-state index in [0.29, 0.717) is 6.61 Å². The number of ether oxygens (including phenoxy) is 1. The third-order valence-electron chi connectivity index (χ3n) is 3.28. The van der Waals surface area contributed by atoms with Crippen molar-refractivity contribution in [3.05, 3.63) is 0 Å². The molecular formula is C10H19NO3. The Hall–Kier alpha value is -0.610. The first kappa shape index (κ1) is 11.5. The number of carboxylic acid groups (broad SMARTS) is 1. The molecule has 2 atom stereocenters. The average Bonchev–Trinajstić information content (AvgIpc) is 2.18. The fraction of sp³-hybridized carbons (Fsp3) is 0.900. The first-order chi connectivity index (χ1) is 6.46. The van der Waals surface area contributed by atoms with Crippen molar-refractivity contribution in [2.75, 3.05) is 13.2 Å². The molecule has 1 rings (SSSR count). The van der Waals surface area contributed by atoms with Crippen molar-refractivity contribution >= 4 is 5.97 Å². The third-order valence-corrected chi connectivity index (χ3v) is 3.28. The highest BCUT2D eigenvalue weighted by molar-refractivity contribution is 5.74. The van der Waals surface area contributed by atoms with Crippen molar-refractivity contribution in [2.45, 2.75) is 32.7 Å². The molecule has 1 aliphatic heterocycles. The Labute approximate surface area is 84.4 Å². The van der Waals surface area contributed by atoms with Crippen LogP contribution in [0.25, 0.3) is 0 Å². The van der Waals surface area contributed by atoms with Crippen molar-refractivity contribution < 1.29 is 14.6 Å². The van der Waals surface area contributed by atoms with Crippen molar-refractivity contribution in [3.63, 3.8) is 0 Å². The molecule has 0 aromatic heterocycles. The molecule has 1 fully saturated rings. The van der Waals surface area contributed by atoms with Gasteiger partial charge in [-0.2, -0.15) is 0 Å². The predicted molar refractivity (Wildman–Crippen MR) is 52.9 cm³/mol. The van der Waals surface area contributed by atoms with Gasteiger partial charge in [0.2, 0.25) is 0 Å². The van der Waals surface area contributed by atoms with Gasteiger partial charge >= 0.3 is 5.97 Å². The topological polar surface area (TPSA) is 72.5 Å². The SMILES string of the molecule is CC(C)(C1CCCOC1)C(N)C(=O)O. The minimum Gasteiger partial charge on any atom is -0.480 e. The lowest BCUT2D eigenvalue weighted by atomic mass is 9.71. The second-order valence-corrected chi connectivity index (χ2v) is 4.55. The molecule has 1 heterocycles. The zero-order chi connectivity index (χ0) is 10.8. The van der Waals surface area contributed by atoms with Gasteiger partial charge in [-0.05, 0) is 24.2 Å². The molecule has 1 saturated heterocycles. The fourth-order valence-electron chi connectivity index (χ4n) is 1.90. The maximum atomic E-state index is 10.8. The summed E-state index contributed by atoms with van der Waals surface area (Å²) in [6.07, 6.45) is 2.01. The number of hydrogen-bond donors (Lipinski definition) is 2. The molecule has 0 aromatic rings. The van der Waals surface area contributed by atoms with Crippen LogP contribution in [0, 0.1) is 11.3 Å². The van der Waals surface area contributed by atoms with E-state index in [1.807, 2.05) is 13.8 Å². The van der Waals surface area contributed by atoms with Gasteiger partial charge in [0.15, 0.2) is 0 Å². The zero-order valence-corrected chi connectivity index (χ0v) is 8.82. The Morgan fingerprint density at radius 3 is 2.71 bits per heavy atom. The molecule has 14 heavy (non-hydrogen) atoms. The molecule has 0 aromatic carbocycles. The van der Waals surface area contributed by atoms with Gasteiger partial charge in [0, 0.05) is 13.2 Å². The van der Waals surface area contributed by atoms with Crippen molar-refractivity contribution in [1.29, 1.82) is 0 Å². The van der Waals surface area contributed by atoms with E-state index in [2.05, 4.69) is 0 Å². The number of aliphatic carboxylic acids is 1. The van der Waals surface area contributed by atoms with Crippen molar-refractivity contribution in [1.82, 2.24) is 0 Å². The monoisotopic (exact) mass is 201 g/mol. The summed E-state index contributed by atoms with van der Waals surface area (Å²) in [7, 11) is 0. The quantitative estimate of drug-likeness (QED) is 0.710. The van der Waals surface area contributed by atoms with E-state index >= 15 is 0 Å². The molecule has 0 spiro atoms. The predicted octanol–water partition coefficient (Wildman–Crippen LogP) is 0.851. The molecule has 4 nitrogen and oxygen atoms in total. The van der Waals surface area contributed by atoms with E-state index in [-0.39, 0.29) is 5.92 Å². The minimum absolute atomic E-state index is 0.252. The fourth-order valence-corrected chi connectivity index (χ4v) is 1.90. The number of carbonyl (C=O) groups is 1. The van der Waals surface area contributed by atoms with Crippen molar-refractivity contribution in [3.8, 4) is 0 Å². The Balaban J connectivity index is 2.66. The summed E-state index contributed by atoms with van der Waals surface area (Å²) in [5.74, 6) is -0.678. The smallest absolute Gasteiger partial charge is 0.321 e. The summed E-state index contributed by atoms with van der Waals surface area (Å²) >= 11 is 0. The number of rotatable bonds is 3. The van der Waals surface area contributed by atoms with Crippen LogP contribution in [0.2, 0.25) is 0 Å². The molecule has 4 heteroatoms. The van der Waals surface area contributed by atoms with Crippen LogP contribution >= 0.6 is 0 Å². The molecule has 0 amide bonds. The van der Waals surface area contributed by atoms with Gasteiger partial charge in [-0.25, -0.2) is 0 Å². The molecule has 3 N–H and O–H groups in total. The molecule has 0 aliphatic carbocycles. The van der Waals surface area contributed by atoms with Crippen LogP contribution in [0.5, 0.6) is 0 Å².